The molecule has 0 heterocycles. The molecule has 2 aliphatic rings. The molecule has 3 N–H and O–H groups in total. The molecule has 4 atom stereocenters. The largest absolute Gasteiger partial charge is 0.394 e. The number of sulfone groups is 1. The SMILES string of the molecule is O=C(Nc1cc(F)c(F)c(F)c1)c1ccc(Cl)c(S(=O)(=O)C2C3CC[C@H]2C[C@](O)(COCCO)C3)c1. The lowest BCUT2D eigenvalue weighted by Crippen LogP contribution is -2.48. The molecular formula is C24H25ClF3NO6S. The number of hydrogen-bond donors (Lipinski definition) is 3. The van der Waals surface area contributed by atoms with Gasteiger partial charge in [0.15, 0.2) is 27.3 Å². The zero-order valence-electron chi connectivity index (χ0n) is 19.0. The van der Waals surface area contributed by atoms with Gasteiger partial charge in [-0.3, -0.25) is 4.79 Å². The number of carbonyl (C=O) groups is 1. The summed E-state index contributed by atoms with van der Waals surface area (Å²) in [6, 6.07) is 4.83. The van der Waals surface area contributed by atoms with Crippen molar-refractivity contribution in [1.82, 2.24) is 0 Å². The van der Waals surface area contributed by atoms with E-state index in [1.165, 1.54) is 12.1 Å². The normalized spacial score (nSPS) is 25.7. The second-order valence-electron chi connectivity index (χ2n) is 9.37. The van der Waals surface area contributed by atoms with E-state index in [4.69, 9.17) is 21.4 Å². The third-order valence-electron chi connectivity index (χ3n) is 6.83. The number of hydrogen-bond acceptors (Lipinski definition) is 6. The van der Waals surface area contributed by atoms with Crippen LogP contribution in [0.2, 0.25) is 5.02 Å². The van der Waals surface area contributed by atoms with E-state index >= 15 is 0 Å². The predicted octanol–water partition coefficient (Wildman–Crippen LogP) is 3.71. The lowest BCUT2D eigenvalue weighted by Gasteiger charge is -2.40. The summed E-state index contributed by atoms with van der Waals surface area (Å²) in [5.74, 6) is -6.22. The van der Waals surface area contributed by atoms with Gasteiger partial charge in [0.2, 0.25) is 0 Å². The number of anilines is 1. The van der Waals surface area contributed by atoms with E-state index in [1.54, 1.807) is 0 Å². The molecule has 2 aromatic rings. The number of carbonyl (C=O) groups excluding carboxylic acids is 1. The second-order valence-corrected chi connectivity index (χ2v) is 11.9. The van der Waals surface area contributed by atoms with Crippen molar-refractivity contribution in [2.75, 3.05) is 25.1 Å². The summed E-state index contributed by atoms with van der Waals surface area (Å²) in [6.45, 7) is -0.122. The van der Waals surface area contributed by atoms with E-state index in [-0.39, 0.29) is 65.7 Å². The Balaban J connectivity index is 1.57. The summed E-state index contributed by atoms with van der Waals surface area (Å²) in [6.07, 6.45) is 1.60. The summed E-state index contributed by atoms with van der Waals surface area (Å²) in [4.78, 5) is 12.4. The Morgan fingerprint density at radius 3 is 2.31 bits per heavy atom. The average molecular weight is 548 g/mol. The zero-order valence-corrected chi connectivity index (χ0v) is 20.6. The molecule has 0 saturated heterocycles. The summed E-state index contributed by atoms with van der Waals surface area (Å²) < 4.78 is 72.9. The molecule has 2 fully saturated rings. The third-order valence-corrected chi connectivity index (χ3v) is 9.71. The monoisotopic (exact) mass is 547 g/mol. The molecule has 2 unspecified atom stereocenters. The Labute approximate surface area is 211 Å². The lowest BCUT2D eigenvalue weighted by molar-refractivity contribution is -0.0864. The molecule has 0 spiro atoms. The molecular weight excluding hydrogens is 523 g/mol. The van der Waals surface area contributed by atoms with E-state index < -0.39 is 44.0 Å². The highest BCUT2D eigenvalue weighted by Gasteiger charge is 2.54. The standard InChI is InChI=1S/C24H25ClF3NO6S/c25-17-4-3-13(23(31)29-16-8-18(26)21(28)19(27)9-16)7-20(17)36(33,34)22-14-1-2-15(22)11-24(32,10-14)12-35-6-5-30/h3-4,7-9,14-15,22,30,32H,1-2,5-6,10-12H2,(H,29,31)/t14-,15?,22?,24+/m0/s1. The van der Waals surface area contributed by atoms with Gasteiger partial charge in [-0.1, -0.05) is 11.6 Å². The maximum absolute atomic E-state index is 13.7. The minimum absolute atomic E-state index is 0.00564. The summed E-state index contributed by atoms with van der Waals surface area (Å²) >= 11 is 6.24. The van der Waals surface area contributed by atoms with Gasteiger partial charge in [0, 0.05) is 23.4 Å². The van der Waals surface area contributed by atoms with Crippen LogP contribution < -0.4 is 5.32 Å². The minimum Gasteiger partial charge on any atom is -0.394 e. The van der Waals surface area contributed by atoms with E-state index in [0.29, 0.717) is 25.0 Å². The molecule has 2 aromatic carbocycles. The van der Waals surface area contributed by atoms with Crippen molar-refractivity contribution in [2.24, 2.45) is 11.8 Å². The van der Waals surface area contributed by atoms with E-state index in [1.807, 2.05) is 0 Å². The number of amides is 1. The summed E-state index contributed by atoms with van der Waals surface area (Å²) in [5, 5.41) is 21.2. The van der Waals surface area contributed by atoms with Gasteiger partial charge in [-0.2, -0.15) is 0 Å². The summed E-state index contributed by atoms with van der Waals surface area (Å²) in [7, 11) is -4.03. The number of halogens is 4. The highest BCUT2D eigenvalue weighted by Crippen LogP contribution is 2.51. The molecule has 12 heteroatoms. The average Bonchev–Trinajstić information content (AvgIpc) is 3.11. The smallest absolute Gasteiger partial charge is 0.255 e. The molecule has 196 valence electrons. The quantitative estimate of drug-likeness (QED) is 0.343. The molecule has 1 amide bonds. The van der Waals surface area contributed by atoms with E-state index in [0.717, 1.165) is 6.07 Å². The Morgan fingerprint density at radius 1 is 1.11 bits per heavy atom. The second kappa shape index (κ2) is 10.3. The highest BCUT2D eigenvalue weighted by molar-refractivity contribution is 7.92. The molecule has 2 saturated carbocycles. The van der Waals surface area contributed by atoms with Crippen molar-refractivity contribution in [1.29, 1.82) is 0 Å². The maximum Gasteiger partial charge on any atom is 0.255 e. The van der Waals surface area contributed by atoms with Gasteiger partial charge in [-0.25, -0.2) is 21.6 Å². The van der Waals surface area contributed by atoms with Crippen molar-refractivity contribution in [2.45, 2.75) is 41.4 Å². The molecule has 4 rings (SSSR count). The summed E-state index contributed by atoms with van der Waals surface area (Å²) in [5.41, 5.74) is -1.66. The van der Waals surface area contributed by atoms with Crippen molar-refractivity contribution >= 4 is 33.0 Å². The third kappa shape index (κ3) is 5.26. The number of rotatable bonds is 8. The van der Waals surface area contributed by atoms with Crippen LogP contribution in [0.5, 0.6) is 0 Å². The number of ether oxygens (including phenoxy) is 1. The van der Waals surface area contributed by atoms with Crippen LogP contribution in [0.15, 0.2) is 35.2 Å². The molecule has 0 aliphatic heterocycles. The van der Waals surface area contributed by atoms with Crippen LogP contribution in [0.4, 0.5) is 18.9 Å². The minimum atomic E-state index is -4.03. The number of benzene rings is 2. The zero-order chi connectivity index (χ0) is 26.3. The highest BCUT2D eigenvalue weighted by atomic mass is 35.5. The number of aliphatic hydroxyl groups excluding tert-OH is 1. The van der Waals surface area contributed by atoms with Crippen molar-refractivity contribution in [3.05, 3.63) is 58.4 Å². The molecule has 0 radical (unpaired) electrons. The van der Waals surface area contributed by atoms with Crippen LogP contribution in [0.25, 0.3) is 0 Å². The molecule has 36 heavy (non-hydrogen) atoms. The maximum atomic E-state index is 13.7. The Bertz CT molecular complexity index is 1240. The van der Waals surface area contributed by atoms with Gasteiger partial charge >= 0.3 is 0 Å². The number of aliphatic hydroxyl groups is 2. The van der Waals surface area contributed by atoms with Crippen LogP contribution in [0.1, 0.15) is 36.0 Å². The first kappa shape index (κ1) is 26.9. The fraction of sp³-hybridized carbons (Fsp3) is 0.458. The first-order chi connectivity index (χ1) is 16.9. The van der Waals surface area contributed by atoms with Gasteiger partial charge in [0.25, 0.3) is 5.91 Å². The molecule has 2 bridgehead atoms. The predicted molar refractivity (Wildman–Crippen MR) is 125 cm³/mol. The van der Waals surface area contributed by atoms with Gasteiger partial charge in [0.1, 0.15) is 0 Å². The van der Waals surface area contributed by atoms with Crippen molar-refractivity contribution in [3.63, 3.8) is 0 Å². The van der Waals surface area contributed by atoms with Crippen LogP contribution in [0.3, 0.4) is 0 Å². The number of fused-ring (bicyclic) bond motifs is 2. The van der Waals surface area contributed by atoms with E-state index in [9.17, 15) is 31.5 Å². The van der Waals surface area contributed by atoms with Gasteiger partial charge in [0.05, 0.1) is 40.6 Å². The topological polar surface area (TPSA) is 113 Å². The van der Waals surface area contributed by atoms with Crippen LogP contribution >= 0.6 is 11.6 Å². The first-order valence-corrected chi connectivity index (χ1v) is 13.3. The molecule has 0 aromatic heterocycles. The molecule has 2 aliphatic carbocycles. The Morgan fingerprint density at radius 2 is 1.72 bits per heavy atom. The van der Waals surface area contributed by atoms with Gasteiger partial charge in [-0.15, -0.1) is 0 Å². The van der Waals surface area contributed by atoms with E-state index in [2.05, 4.69) is 5.32 Å². The Kier molecular flexibility index (Phi) is 7.68. The molecule has 7 nitrogen and oxygen atoms in total. The van der Waals surface area contributed by atoms with Crippen LogP contribution in [-0.2, 0) is 14.6 Å². The number of nitrogens with one attached hydrogen (secondary N) is 1. The lowest BCUT2D eigenvalue weighted by atomic mass is 9.77. The van der Waals surface area contributed by atoms with Gasteiger partial charge < -0.3 is 20.3 Å². The van der Waals surface area contributed by atoms with Crippen molar-refractivity contribution in [3.8, 4) is 0 Å². The van der Waals surface area contributed by atoms with Crippen LogP contribution in [-0.4, -0.2) is 55.2 Å². The van der Waals surface area contributed by atoms with Crippen molar-refractivity contribution < 1.29 is 41.3 Å². The van der Waals surface area contributed by atoms with Gasteiger partial charge in [-0.05, 0) is 55.7 Å². The fourth-order valence-corrected chi connectivity index (χ4v) is 8.27. The Hall–Kier alpha value is -2.18. The fourth-order valence-electron chi connectivity index (χ4n) is 5.43. The van der Waals surface area contributed by atoms with Crippen LogP contribution in [0, 0.1) is 29.3 Å². The first-order valence-electron chi connectivity index (χ1n) is 11.4.